The van der Waals surface area contributed by atoms with Crippen molar-refractivity contribution in [3.63, 3.8) is 0 Å². The Morgan fingerprint density at radius 2 is 1.92 bits per heavy atom. The summed E-state index contributed by atoms with van der Waals surface area (Å²) in [5.41, 5.74) is 1.21. The molecule has 0 radical (unpaired) electrons. The molecule has 0 fully saturated rings. The Balaban J connectivity index is 2.54. The number of hydrogen-bond acceptors (Lipinski definition) is 4. The van der Waals surface area contributed by atoms with E-state index in [9.17, 15) is 5.11 Å². The molecular weight excluding hydrogens is 166 g/mol. The summed E-state index contributed by atoms with van der Waals surface area (Å²) >= 11 is 0. The largest absolute Gasteiger partial charge is 0.493 e. The second kappa shape index (κ2) is 3.18. The molecule has 0 saturated heterocycles. The van der Waals surface area contributed by atoms with Gasteiger partial charge < -0.3 is 5.11 Å². The van der Waals surface area contributed by atoms with Crippen LogP contribution in [0.2, 0.25) is 0 Å². The van der Waals surface area contributed by atoms with Gasteiger partial charge in [-0.25, -0.2) is 4.98 Å². The Kier molecular flexibility index (Phi) is 1.88. The zero-order valence-electron chi connectivity index (χ0n) is 6.75. The Morgan fingerprint density at radius 1 is 1.08 bits per heavy atom. The summed E-state index contributed by atoms with van der Waals surface area (Å²) in [5.74, 6) is -0.0250. The van der Waals surface area contributed by atoms with Gasteiger partial charge in [-0.05, 0) is 24.3 Å². The molecule has 0 saturated carbocycles. The van der Waals surface area contributed by atoms with Crippen LogP contribution in [0.25, 0.3) is 11.3 Å². The lowest BCUT2D eigenvalue weighted by Gasteiger charge is -1.99. The molecule has 4 heteroatoms. The van der Waals surface area contributed by atoms with Crippen LogP contribution >= 0.6 is 0 Å². The van der Waals surface area contributed by atoms with Crippen molar-refractivity contribution in [1.82, 2.24) is 15.2 Å². The normalized spacial score (nSPS) is 9.85. The van der Waals surface area contributed by atoms with Crippen molar-refractivity contribution in [3.8, 4) is 17.1 Å². The van der Waals surface area contributed by atoms with Crippen LogP contribution in [0.5, 0.6) is 5.88 Å². The van der Waals surface area contributed by atoms with Gasteiger partial charge in [-0.2, -0.15) is 10.2 Å². The molecule has 0 aliphatic rings. The second-order valence-electron chi connectivity index (χ2n) is 2.48. The highest BCUT2D eigenvalue weighted by atomic mass is 16.3. The van der Waals surface area contributed by atoms with Gasteiger partial charge in [-0.3, -0.25) is 0 Å². The summed E-state index contributed by atoms with van der Waals surface area (Å²) in [6.45, 7) is 0. The molecular formula is C9H7N3O. The Labute approximate surface area is 74.9 Å². The van der Waals surface area contributed by atoms with Crippen molar-refractivity contribution in [2.24, 2.45) is 0 Å². The van der Waals surface area contributed by atoms with E-state index in [1.54, 1.807) is 30.5 Å². The molecule has 2 rings (SSSR count). The molecule has 0 aliphatic carbocycles. The Hall–Kier alpha value is -1.97. The first kappa shape index (κ1) is 7.67. The van der Waals surface area contributed by atoms with Crippen LogP contribution in [0, 0.1) is 0 Å². The maximum Gasteiger partial charge on any atom is 0.220 e. The molecule has 4 nitrogen and oxygen atoms in total. The summed E-state index contributed by atoms with van der Waals surface area (Å²) in [6, 6.07) is 7.01. The first-order valence-corrected chi connectivity index (χ1v) is 3.80. The minimum atomic E-state index is -0.0250. The predicted octanol–water partition coefficient (Wildman–Crippen LogP) is 1.24. The van der Waals surface area contributed by atoms with Crippen molar-refractivity contribution in [3.05, 3.63) is 36.7 Å². The van der Waals surface area contributed by atoms with Gasteiger partial charge >= 0.3 is 0 Å². The monoisotopic (exact) mass is 173 g/mol. The van der Waals surface area contributed by atoms with Crippen LogP contribution in [0.1, 0.15) is 0 Å². The molecule has 2 aromatic rings. The van der Waals surface area contributed by atoms with Crippen LogP contribution in [0.3, 0.4) is 0 Å². The van der Waals surface area contributed by atoms with Crippen molar-refractivity contribution in [1.29, 1.82) is 0 Å². The molecule has 0 spiro atoms. The van der Waals surface area contributed by atoms with E-state index in [1.165, 1.54) is 6.20 Å². The maximum absolute atomic E-state index is 9.39. The fourth-order valence-corrected chi connectivity index (χ4v) is 1.04. The van der Waals surface area contributed by atoms with Crippen LogP contribution in [-0.4, -0.2) is 20.3 Å². The molecule has 0 atom stereocenters. The standard InChI is InChI=1S/C9H7N3O/c13-9-7(3-1-5-10-9)8-4-2-6-11-12-8/h1-6H,(H,10,13). The summed E-state index contributed by atoms with van der Waals surface area (Å²) < 4.78 is 0. The van der Waals surface area contributed by atoms with Crippen molar-refractivity contribution in [2.45, 2.75) is 0 Å². The highest BCUT2D eigenvalue weighted by Gasteiger charge is 2.04. The molecule has 13 heavy (non-hydrogen) atoms. The predicted molar refractivity (Wildman–Crippen MR) is 46.9 cm³/mol. The zero-order valence-corrected chi connectivity index (χ0v) is 6.75. The Morgan fingerprint density at radius 3 is 2.62 bits per heavy atom. The molecule has 1 N–H and O–H groups in total. The third-order valence-electron chi connectivity index (χ3n) is 1.63. The van der Waals surface area contributed by atoms with Gasteiger partial charge in [-0.15, -0.1) is 0 Å². The van der Waals surface area contributed by atoms with E-state index < -0.39 is 0 Å². The molecule has 0 bridgehead atoms. The van der Waals surface area contributed by atoms with E-state index in [0.717, 1.165) is 0 Å². The van der Waals surface area contributed by atoms with Crippen LogP contribution < -0.4 is 0 Å². The lowest BCUT2D eigenvalue weighted by atomic mass is 10.2. The van der Waals surface area contributed by atoms with E-state index >= 15 is 0 Å². The smallest absolute Gasteiger partial charge is 0.220 e. The summed E-state index contributed by atoms with van der Waals surface area (Å²) in [4.78, 5) is 3.74. The van der Waals surface area contributed by atoms with Crippen LogP contribution in [0.4, 0.5) is 0 Å². The van der Waals surface area contributed by atoms with E-state index in [0.29, 0.717) is 11.3 Å². The van der Waals surface area contributed by atoms with E-state index in [4.69, 9.17) is 0 Å². The zero-order chi connectivity index (χ0) is 9.10. The molecule has 2 aromatic heterocycles. The van der Waals surface area contributed by atoms with Gasteiger partial charge in [0.2, 0.25) is 5.88 Å². The molecule has 0 aliphatic heterocycles. The van der Waals surface area contributed by atoms with Crippen molar-refractivity contribution >= 4 is 0 Å². The minimum absolute atomic E-state index is 0.0250. The maximum atomic E-state index is 9.39. The molecule has 64 valence electrons. The summed E-state index contributed by atoms with van der Waals surface area (Å²) in [6.07, 6.45) is 3.10. The number of rotatable bonds is 1. The van der Waals surface area contributed by atoms with Gasteiger partial charge in [0.05, 0.1) is 11.3 Å². The van der Waals surface area contributed by atoms with E-state index in [-0.39, 0.29) is 5.88 Å². The fraction of sp³-hybridized carbons (Fsp3) is 0. The fourth-order valence-electron chi connectivity index (χ4n) is 1.04. The quantitative estimate of drug-likeness (QED) is 0.704. The van der Waals surface area contributed by atoms with Crippen molar-refractivity contribution < 1.29 is 5.11 Å². The number of aromatic nitrogens is 3. The first-order chi connectivity index (χ1) is 6.38. The number of pyridine rings is 1. The number of aromatic hydroxyl groups is 1. The Bertz CT molecular complexity index is 403. The third-order valence-corrected chi connectivity index (χ3v) is 1.63. The van der Waals surface area contributed by atoms with E-state index in [1.807, 2.05) is 0 Å². The highest BCUT2D eigenvalue weighted by molar-refractivity contribution is 5.63. The molecule has 0 amide bonds. The minimum Gasteiger partial charge on any atom is -0.493 e. The SMILES string of the molecule is Oc1ncccc1-c1cccnn1. The number of nitrogens with zero attached hydrogens (tertiary/aromatic N) is 3. The van der Waals surface area contributed by atoms with Crippen LogP contribution in [0.15, 0.2) is 36.7 Å². The topological polar surface area (TPSA) is 58.9 Å². The number of hydrogen-bond donors (Lipinski definition) is 1. The average molecular weight is 173 g/mol. The van der Waals surface area contributed by atoms with Crippen molar-refractivity contribution in [2.75, 3.05) is 0 Å². The summed E-state index contributed by atoms with van der Waals surface area (Å²) in [7, 11) is 0. The lowest BCUT2D eigenvalue weighted by Crippen LogP contribution is -1.87. The average Bonchev–Trinajstić information content (AvgIpc) is 2.20. The molecule has 0 aromatic carbocycles. The first-order valence-electron chi connectivity index (χ1n) is 3.80. The third kappa shape index (κ3) is 1.46. The summed E-state index contributed by atoms with van der Waals surface area (Å²) in [5, 5.41) is 17.0. The van der Waals surface area contributed by atoms with Gasteiger partial charge in [-0.1, -0.05) is 0 Å². The molecule has 0 unspecified atom stereocenters. The van der Waals surface area contributed by atoms with Gasteiger partial charge in [0, 0.05) is 12.4 Å². The van der Waals surface area contributed by atoms with Gasteiger partial charge in [0.15, 0.2) is 0 Å². The van der Waals surface area contributed by atoms with Gasteiger partial charge in [0.25, 0.3) is 0 Å². The van der Waals surface area contributed by atoms with Gasteiger partial charge in [0.1, 0.15) is 0 Å². The lowest BCUT2D eigenvalue weighted by molar-refractivity contribution is 0.455. The van der Waals surface area contributed by atoms with Crippen LogP contribution in [-0.2, 0) is 0 Å². The highest BCUT2D eigenvalue weighted by Crippen LogP contribution is 2.23. The molecule has 2 heterocycles. The van der Waals surface area contributed by atoms with E-state index in [2.05, 4.69) is 15.2 Å². The second-order valence-corrected chi connectivity index (χ2v) is 2.48.